The van der Waals surface area contributed by atoms with E-state index in [4.69, 9.17) is 9.47 Å². The Morgan fingerprint density at radius 3 is 2.76 bits per heavy atom. The van der Waals surface area contributed by atoms with Crippen LogP contribution in [-0.2, 0) is 11.3 Å². The fraction of sp³-hybridized carbons (Fsp3) is 0.556. The summed E-state index contributed by atoms with van der Waals surface area (Å²) >= 11 is 0. The second-order valence-corrected chi connectivity index (χ2v) is 5.81. The number of rotatable bonds is 8. The van der Waals surface area contributed by atoms with Gasteiger partial charge in [-0.05, 0) is 48.8 Å². The van der Waals surface area contributed by atoms with Crippen LogP contribution in [0.1, 0.15) is 31.2 Å². The molecule has 3 atom stereocenters. The van der Waals surface area contributed by atoms with Gasteiger partial charge in [-0.25, -0.2) is 0 Å². The van der Waals surface area contributed by atoms with E-state index in [0.29, 0.717) is 24.9 Å². The van der Waals surface area contributed by atoms with Crippen LogP contribution in [0.15, 0.2) is 36.9 Å². The van der Waals surface area contributed by atoms with Crippen LogP contribution >= 0.6 is 0 Å². The summed E-state index contributed by atoms with van der Waals surface area (Å²) in [5.74, 6) is 1.69. The average Bonchev–Trinajstić information content (AvgIpc) is 2.97. The highest BCUT2D eigenvalue weighted by Gasteiger charge is 2.32. The number of aliphatic hydroxyl groups excluding tert-OH is 1. The lowest BCUT2D eigenvalue weighted by atomic mass is 9.89. The Morgan fingerprint density at radius 1 is 1.33 bits per heavy atom. The van der Waals surface area contributed by atoms with Crippen LogP contribution in [0.5, 0.6) is 5.75 Å². The van der Waals surface area contributed by atoms with E-state index >= 15 is 0 Å². The van der Waals surface area contributed by atoms with Gasteiger partial charge in [0.2, 0.25) is 0 Å². The van der Waals surface area contributed by atoms with Gasteiger partial charge in [-0.2, -0.15) is 0 Å². The van der Waals surface area contributed by atoms with Crippen molar-refractivity contribution in [2.24, 2.45) is 11.8 Å². The predicted molar refractivity (Wildman–Crippen MR) is 84.3 cm³/mol. The summed E-state index contributed by atoms with van der Waals surface area (Å²) in [4.78, 5) is 0. The summed E-state index contributed by atoms with van der Waals surface area (Å²) in [5, 5.41) is 10.2. The first-order valence-electron chi connectivity index (χ1n) is 7.74. The van der Waals surface area contributed by atoms with Crippen molar-refractivity contribution in [2.45, 2.75) is 38.4 Å². The minimum atomic E-state index is -0.264. The molecule has 0 bridgehead atoms. The zero-order valence-electron chi connectivity index (χ0n) is 12.8. The van der Waals surface area contributed by atoms with Crippen molar-refractivity contribution in [2.75, 3.05) is 13.7 Å². The third-order valence-electron chi connectivity index (χ3n) is 4.38. The van der Waals surface area contributed by atoms with Gasteiger partial charge in [0.1, 0.15) is 5.75 Å². The van der Waals surface area contributed by atoms with Crippen molar-refractivity contribution < 1.29 is 14.6 Å². The lowest BCUT2D eigenvalue weighted by Crippen LogP contribution is -2.26. The van der Waals surface area contributed by atoms with Gasteiger partial charge >= 0.3 is 0 Å². The molecule has 1 aromatic carbocycles. The van der Waals surface area contributed by atoms with E-state index in [2.05, 4.69) is 6.58 Å². The third kappa shape index (κ3) is 4.58. The van der Waals surface area contributed by atoms with Gasteiger partial charge in [-0.15, -0.1) is 6.58 Å². The first kappa shape index (κ1) is 16.1. The van der Waals surface area contributed by atoms with Crippen molar-refractivity contribution in [3.8, 4) is 5.75 Å². The van der Waals surface area contributed by atoms with Crippen LogP contribution in [0.4, 0.5) is 0 Å². The summed E-state index contributed by atoms with van der Waals surface area (Å²) in [6.07, 6.45) is 5.67. The molecule has 0 aromatic heterocycles. The molecule has 1 aliphatic rings. The van der Waals surface area contributed by atoms with Crippen LogP contribution in [-0.4, -0.2) is 24.9 Å². The Hall–Kier alpha value is -1.32. The predicted octanol–water partition coefficient (Wildman–Crippen LogP) is 3.57. The molecule has 1 saturated carbocycles. The maximum absolute atomic E-state index is 10.2. The Morgan fingerprint density at radius 2 is 2.10 bits per heavy atom. The number of aliphatic hydroxyl groups is 1. The minimum Gasteiger partial charge on any atom is -0.497 e. The number of hydrogen-bond donors (Lipinski definition) is 1. The van der Waals surface area contributed by atoms with Crippen molar-refractivity contribution in [1.29, 1.82) is 0 Å². The first-order chi connectivity index (χ1) is 10.2. The summed E-state index contributed by atoms with van der Waals surface area (Å²) in [7, 11) is 1.67. The van der Waals surface area contributed by atoms with Crippen molar-refractivity contribution in [3.63, 3.8) is 0 Å². The van der Waals surface area contributed by atoms with Crippen molar-refractivity contribution in [1.82, 2.24) is 0 Å². The Bertz CT molecular complexity index is 427. The van der Waals surface area contributed by atoms with Gasteiger partial charge in [0.05, 0.1) is 26.4 Å². The van der Waals surface area contributed by atoms with E-state index in [1.54, 1.807) is 13.2 Å². The lowest BCUT2D eigenvalue weighted by molar-refractivity contribution is 0.0301. The van der Waals surface area contributed by atoms with Gasteiger partial charge in [-0.1, -0.05) is 24.6 Å². The Labute approximate surface area is 127 Å². The van der Waals surface area contributed by atoms with Crippen LogP contribution in [0.2, 0.25) is 0 Å². The molecular formula is C18H26O3. The zero-order valence-corrected chi connectivity index (χ0v) is 12.8. The van der Waals surface area contributed by atoms with E-state index in [9.17, 15) is 5.11 Å². The molecule has 1 fully saturated rings. The van der Waals surface area contributed by atoms with Gasteiger partial charge in [-0.3, -0.25) is 0 Å². The maximum Gasteiger partial charge on any atom is 0.118 e. The standard InChI is InChI=1S/C18H26O3/c1-3-5-18(19)17-7-4-6-15(17)13-21-12-14-8-10-16(20-2)11-9-14/h3,8-11,15,17-19H,1,4-7,12-13H2,2H3/t15-,17+,18+/m0/s1. The van der Waals surface area contributed by atoms with Gasteiger partial charge in [0.15, 0.2) is 0 Å². The highest BCUT2D eigenvalue weighted by Crippen LogP contribution is 2.35. The molecule has 1 aromatic rings. The number of benzene rings is 1. The summed E-state index contributed by atoms with van der Waals surface area (Å²) in [6.45, 7) is 5.05. The molecule has 0 aliphatic heterocycles. The van der Waals surface area contributed by atoms with Crippen LogP contribution in [0, 0.1) is 11.8 Å². The van der Waals surface area contributed by atoms with Crippen molar-refractivity contribution in [3.05, 3.63) is 42.5 Å². The molecule has 0 radical (unpaired) electrons. The van der Waals surface area contributed by atoms with E-state index < -0.39 is 0 Å². The van der Waals surface area contributed by atoms with Crippen molar-refractivity contribution >= 4 is 0 Å². The third-order valence-corrected chi connectivity index (χ3v) is 4.38. The topological polar surface area (TPSA) is 38.7 Å². The molecule has 1 N–H and O–H groups in total. The van der Waals surface area contributed by atoms with E-state index in [0.717, 1.165) is 30.8 Å². The number of hydrogen-bond acceptors (Lipinski definition) is 3. The molecule has 0 saturated heterocycles. The second kappa shape index (κ2) is 8.20. The first-order valence-corrected chi connectivity index (χ1v) is 7.74. The molecule has 0 amide bonds. The normalized spacial score (nSPS) is 23.0. The summed E-state index contributed by atoms with van der Waals surface area (Å²) in [6, 6.07) is 7.95. The summed E-state index contributed by atoms with van der Waals surface area (Å²) in [5.41, 5.74) is 1.15. The molecular weight excluding hydrogens is 264 g/mol. The smallest absolute Gasteiger partial charge is 0.118 e. The molecule has 0 spiro atoms. The molecule has 2 rings (SSSR count). The SMILES string of the molecule is C=CC[C@@H](O)[C@@H]1CCC[C@H]1COCc1ccc(OC)cc1. The molecule has 116 valence electrons. The quantitative estimate of drug-likeness (QED) is 0.744. The highest BCUT2D eigenvalue weighted by molar-refractivity contribution is 5.26. The molecule has 0 heterocycles. The minimum absolute atomic E-state index is 0.264. The molecule has 1 aliphatic carbocycles. The van der Waals surface area contributed by atoms with E-state index in [1.165, 1.54) is 6.42 Å². The van der Waals surface area contributed by atoms with E-state index in [-0.39, 0.29) is 6.10 Å². The molecule has 0 unspecified atom stereocenters. The van der Waals surface area contributed by atoms with Crippen LogP contribution in [0.3, 0.4) is 0 Å². The number of ether oxygens (including phenoxy) is 2. The highest BCUT2D eigenvalue weighted by atomic mass is 16.5. The monoisotopic (exact) mass is 290 g/mol. The van der Waals surface area contributed by atoms with Gasteiger partial charge < -0.3 is 14.6 Å². The molecule has 3 nitrogen and oxygen atoms in total. The average molecular weight is 290 g/mol. The van der Waals surface area contributed by atoms with Gasteiger partial charge in [0.25, 0.3) is 0 Å². The van der Waals surface area contributed by atoms with Gasteiger partial charge in [0, 0.05) is 0 Å². The fourth-order valence-electron chi connectivity index (χ4n) is 3.17. The number of methoxy groups -OCH3 is 1. The fourth-order valence-corrected chi connectivity index (χ4v) is 3.17. The largest absolute Gasteiger partial charge is 0.497 e. The molecule has 3 heteroatoms. The molecule has 21 heavy (non-hydrogen) atoms. The van der Waals surface area contributed by atoms with Crippen LogP contribution in [0.25, 0.3) is 0 Å². The Balaban J connectivity index is 1.77. The van der Waals surface area contributed by atoms with E-state index in [1.807, 2.05) is 24.3 Å². The zero-order chi connectivity index (χ0) is 15.1. The Kier molecular flexibility index (Phi) is 6.27. The summed E-state index contributed by atoms with van der Waals surface area (Å²) < 4.78 is 11.0. The maximum atomic E-state index is 10.2. The lowest BCUT2D eigenvalue weighted by Gasteiger charge is -2.24. The second-order valence-electron chi connectivity index (χ2n) is 5.81. The van der Waals surface area contributed by atoms with Crippen LogP contribution < -0.4 is 4.74 Å².